The molecule has 160 valence electrons. The quantitative estimate of drug-likeness (QED) is 0.393. The van der Waals surface area contributed by atoms with E-state index < -0.39 is 0 Å². The van der Waals surface area contributed by atoms with Crippen molar-refractivity contribution in [3.8, 4) is 0 Å². The molecule has 4 aromatic rings. The summed E-state index contributed by atoms with van der Waals surface area (Å²) in [6.07, 6.45) is 9.86. The maximum atomic E-state index is 13.0. The van der Waals surface area contributed by atoms with Gasteiger partial charge in [0.2, 0.25) is 0 Å². The van der Waals surface area contributed by atoms with Crippen LogP contribution in [0.4, 0.5) is 10.8 Å². The normalized spacial score (nSPS) is 13.8. The number of amides is 1. The van der Waals surface area contributed by atoms with Crippen molar-refractivity contribution in [2.75, 3.05) is 10.6 Å². The van der Waals surface area contributed by atoms with E-state index in [-0.39, 0.29) is 11.9 Å². The molecule has 0 saturated heterocycles. The molecule has 0 bridgehead atoms. The van der Waals surface area contributed by atoms with E-state index in [1.807, 2.05) is 60.8 Å². The highest BCUT2D eigenvalue weighted by Gasteiger charge is 2.29. The van der Waals surface area contributed by atoms with Crippen LogP contribution in [-0.4, -0.2) is 15.9 Å². The highest BCUT2D eigenvalue weighted by molar-refractivity contribution is 7.16. The van der Waals surface area contributed by atoms with Gasteiger partial charge in [0.25, 0.3) is 5.91 Å². The van der Waals surface area contributed by atoms with Crippen LogP contribution >= 0.6 is 11.3 Å². The summed E-state index contributed by atoms with van der Waals surface area (Å²) in [5, 5.41) is 7.73. The van der Waals surface area contributed by atoms with Gasteiger partial charge in [-0.15, -0.1) is 11.3 Å². The van der Waals surface area contributed by atoms with Crippen LogP contribution in [0, 0.1) is 0 Å². The van der Waals surface area contributed by atoms with Gasteiger partial charge in [-0.25, -0.2) is 4.98 Å². The predicted octanol–water partition coefficient (Wildman–Crippen LogP) is 5.87. The molecule has 0 fully saturated rings. The zero-order chi connectivity index (χ0) is 21.8. The molecule has 6 heteroatoms. The molecular formula is C26H24N4OS. The predicted molar refractivity (Wildman–Crippen MR) is 129 cm³/mol. The van der Waals surface area contributed by atoms with Crippen molar-refractivity contribution < 1.29 is 4.79 Å². The number of nitrogens with one attached hydrogen (secondary N) is 2. The number of thiophene rings is 1. The van der Waals surface area contributed by atoms with Crippen molar-refractivity contribution in [1.29, 1.82) is 0 Å². The number of carbonyl (C=O) groups is 1. The summed E-state index contributed by atoms with van der Waals surface area (Å²) in [4.78, 5) is 23.3. The van der Waals surface area contributed by atoms with Crippen molar-refractivity contribution in [2.45, 2.75) is 31.7 Å². The average molecular weight is 441 g/mol. The number of carbonyl (C=O) groups excluding carboxylic acids is 1. The number of hydrogen-bond acceptors (Lipinski definition) is 5. The van der Waals surface area contributed by atoms with Gasteiger partial charge < -0.3 is 10.6 Å². The van der Waals surface area contributed by atoms with Gasteiger partial charge in [-0.2, -0.15) is 0 Å². The first-order valence-electron chi connectivity index (χ1n) is 10.9. The van der Waals surface area contributed by atoms with Gasteiger partial charge >= 0.3 is 0 Å². The summed E-state index contributed by atoms with van der Waals surface area (Å²) >= 11 is 1.71. The Morgan fingerprint density at radius 2 is 1.78 bits per heavy atom. The number of hydrogen-bond donors (Lipinski definition) is 2. The molecule has 2 N–H and O–H groups in total. The third-order valence-electron chi connectivity index (χ3n) is 5.74. The molecule has 0 unspecified atom stereocenters. The smallest absolute Gasteiger partial charge is 0.256 e. The molecule has 5 rings (SSSR count). The monoisotopic (exact) mass is 440 g/mol. The maximum absolute atomic E-state index is 13.0. The van der Waals surface area contributed by atoms with Crippen LogP contribution < -0.4 is 10.6 Å². The number of aryl methyl sites for hydroxylation is 1. The number of benzene rings is 1. The lowest BCUT2D eigenvalue weighted by atomic mass is 9.90. The fraction of sp³-hybridized carbons (Fsp3) is 0.192. The minimum absolute atomic E-state index is 0.0896. The van der Waals surface area contributed by atoms with Gasteiger partial charge in [0.05, 0.1) is 6.04 Å². The first kappa shape index (κ1) is 20.4. The second-order valence-corrected chi connectivity index (χ2v) is 8.96. The molecule has 3 aromatic heterocycles. The summed E-state index contributed by atoms with van der Waals surface area (Å²) in [5.41, 5.74) is 4.18. The first-order chi connectivity index (χ1) is 15.8. The molecule has 0 aliphatic heterocycles. The fourth-order valence-electron chi connectivity index (χ4n) is 4.22. The molecule has 0 radical (unpaired) electrons. The zero-order valence-corrected chi connectivity index (χ0v) is 18.4. The number of pyridine rings is 2. The molecule has 5 nitrogen and oxygen atoms in total. The molecule has 0 spiro atoms. The number of nitrogens with zero attached hydrogens (tertiary/aromatic N) is 2. The van der Waals surface area contributed by atoms with Gasteiger partial charge in [0, 0.05) is 34.6 Å². The third-order valence-corrected chi connectivity index (χ3v) is 6.96. The van der Waals surface area contributed by atoms with E-state index in [9.17, 15) is 4.79 Å². The Morgan fingerprint density at radius 1 is 0.938 bits per heavy atom. The van der Waals surface area contributed by atoms with E-state index in [4.69, 9.17) is 0 Å². The average Bonchev–Trinajstić information content (AvgIpc) is 3.22. The summed E-state index contributed by atoms with van der Waals surface area (Å²) < 4.78 is 0. The number of aromatic nitrogens is 2. The van der Waals surface area contributed by atoms with Gasteiger partial charge in [0.1, 0.15) is 10.8 Å². The molecule has 1 amide bonds. The molecule has 1 atom stereocenters. The summed E-state index contributed by atoms with van der Waals surface area (Å²) in [6, 6.07) is 19.1. The Labute approximate surface area is 191 Å². The number of anilines is 2. The fourth-order valence-corrected chi connectivity index (χ4v) is 5.54. The summed E-state index contributed by atoms with van der Waals surface area (Å²) in [7, 11) is 0. The lowest BCUT2D eigenvalue weighted by Crippen LogP contribution is -2.19. The standard InChI is InChI=1S/C26H24N4OS/c31-25(18-9-2-1-3-10-18)30-26-23(20-12-4-5-13-21(20)32-26)24(19-11-8-15-27-17-19)29-22-14-6-7-16-28-22/h1-3,6-11,14-17,24H,4-5,12-13H2,(H,28,29)(H,30,31)/t24-/m1/s1. The maximum Gasteiger partial charge on any atom is 0.256 e. The van der Waals surface area contributed by atoms with E-state index in [1.165, 1.54) is 16.9 Å². The van der Waals surface area contributed by atoms with E-state index in [0.29, 0.717) is 5.56 Å². The highest BCUT2D eigenvalue weighted by atomic mass is 32.1. The molecule has 3 heterocycles. The molecule has 32 heavy (non-hydrogen) atoms. The molecular weight excluding hydrogens is 416 g/mol. The van der Waals surface area contributed by atoms with E-state index in [2.05, 4.69) is 26.7 Å². The largest absolute Gasteiger partial charge is 0.359 e. The highest BCUT2D eigenvalue weighted by Crippen LogP contribution is 2.44. The Balaban J connectivity index is 1.59. The second kappa shape index (κ2) is 9.32. The topological polar surface area (TPSA) is 66.9 Å². The van der Waals surface area contributed by atoms with E-state index in [0.717, 1.165) is 41.2 Å². The third kappa shape index (κ3) is 4.27. The van der Waals surface area contributed by atoms with Crippen molar-refractivity contribution in [3.05, 3.63) is 106 Å². The van der Waals surface area contributed by atoms with Gasteiger partial charge in [-0.05, 0) is 67.1 Å². The number of fused-ring (bicyclic) bond motifs is 1. The Morgan fingerprint density at radius 3 is 2.56 bits per heavy atom. The van der Waals surface area contributed by atoms with Gasteiger partial charge in [-0.3, -0.25) is 9.78 Å². The van der Waals surface area contributed by atoms with Crippen LogP contribution in [-0.2, 0) is 12.8 Å². The van der Waals surface area contributed by atoms with E-state index in [1.54, 1.807) is 23.7 Å². The zero-order valence-electron chi connectivity index (χ0n) is 17.6. The SMILES string of the molecule is O=C(Nc1sc2c(c1[C@H](Nc1ccccn1)c1cccnc1)CCCC2)c1ccccc1. The van der Waals surface area contributed by atoms with Gasteiger partial charge in [0.15, 0.2) is 0 Å². The minimum Gasteiger partial charge on any atom is -0.359 e. The minimum atomic E-state index is -0.164. The van der Waals surface area contributed by atoms with Crippen molar-refractivity contribution >= 4 is 28.1 Å². The van der Waals surface area contributed by atoms with Crippen LogP contribution in [0.3, 0.4) is 0 Å². The van der Waals surface area contributed by atoms with Crippen LogP contribution in [0.15, 0.2) is 79.3 Å². The van der Waals surface area contributed by atoms with Gasteiger partial charge in [-0.1, -0.05) is 30.3 Å². The Bertz CT molecular complexity index is 1190. The van der Waals surface area contributed by atoms with Crippen LogP contribution in [0.2, 0.25) is 0 Å². The van der Waals surface area contributed by atoms with E-state index >= 15 is 0 Å². The van der Waals surface area contributed by atoms with Crippen molar-refractivity contribution in [2.24, 2.45) is 0 Å². The van der Waals surface area contributed by atoms with Crippen LogP contribution in [0.5, 0.6) is 0 Å². The lowest BCUT2D eigenvalue weighted by molar-refractivity contribution is 0.102. The van der Waals surface area contributed by atoms with Crippen molar-refractivity contribution in [3.63, 3.8) is 0 Å². The van der Waals surface area contributed by atoms with Crippen LogP contribution in [0.25, 0.3) is 0 Å². The summed E-state index contributed by atoms with van der Waals surface area (Å²) in [6.45, 7) is 0. The summed E-state index contributed by atoms with van der Waals surface area (Å²) in [5.74, 6) is 0.700. The number of rotatable bonds is 6. The molecule has 1 aliphatic carbocycles. The lowest BCUT2D eigenvalue weighted by Gasteiger charge is -2.23. The molecule has 1 aliphatic rings. The second-order valence-electron chi connectivity index (χ2n) is 7.85. The Kier molecular flexibility index (Phi) is 5.94. The van der Waals surface area contributed by atoms with Crippen molar-refractivity contribution in [1.82, 2.24) is 9.97 Å². The van der Waals surface area contributed by atoms with Crippen LogP contribution in [0.1, 0.15) is 50.8 Å². The first-order valence-corrected chi connectivity index (χ1v) is 11.7. The molecule has 0 saturated carbocycles. The Hall–Kier alpha value is -3.51. The molecule has 1 aromatic carbocycles.